The quantitative estimate of drug-likeness (QED) is 0.516. The summed E-state index contributed by atoms with van der Waals surface area (Å²) in [5.74, 6) is -6.29. The summed E-state index contributed by atoms with van der Waals surface area (Å²) in [5.41, 5.74) is -1.16. The van der Waals surface area contributed by atoms with Crippen molar-refractivity contribution in [2.45, 2.75) is 4.90 Å². The minimum atomic E-state index is -4.62. The Labute approximate surface area is 162 Å². The van der Waals surface area contributed by atoms with Gasteiger partial charge in [0.1, 0.15) is 0 Å². The van der Waals surface area contributed by atoms with Gasteiger partial charge in [-0.25, -0.2) is 21.6 Å². The molecule has 0 saturated heterocycles. The molecule has 5 nitrogen and oxygen atoms in total. The summed E-state index contributed by atoms with van der Waals surface area (Å²) in [6.07, 6.45) is 0. The number of nitrogens with one attached hydrogen (secondary N) is 1. The summed E-state index contributed by atoms with van der Waals surface area (Å²) < 4.78 is 67.9. The van der Waals surface area contributed by atoms with Crippen molar-refractivity contribution in [1.82, 2.24) is 0 Å². The molecule has 0 aromatic heterocycles. The van der Waals surface area contributed by atoms with Gasteiger partial charge in [0, 0.05) is 16.7 Å². The Morgan fingerprint density at radius 2 is 1.31 bits per heavy atom. The molecule has 0 radical (unpaired) electrons. The zero-order valence-corrected chi connectivity index (χ0v) is 15.2. The van der Waals surface area contributed by atoms with E-state index in [1.807, 2.05) is 4.72 Å². The molecule has 29 heavy (non-hydrogen) atoms. The molecule has 0 fully saturated rings. The van der Waals surface area contributed by atoms with Crippen LogP contribution in [0, 0.1) is 17.5 Å². The third-order valence-corrected chi connectivity index (χ3v) is 5.89. The van der Waals surface area contributed by atoms with Crippen LogP contribution in [-0.2, 0) is 10.0 Å². The van der Waals surface area contributed by atoms with E-state index in [1.165, 1.54) is 30.3 Å². The van der Waals surface area contributed by atoms with Crippen molar-refractivity contribution in [2.75, 3.05) is 4.72 Å². The van der Waals surface area contributed by atoms with E-state index in [0.29, 0.717) is 12.1 Å². The molecule has 3 aromatic carbocycles. The van der Waals surface area contributed by atoms with E-state index in [2.05, 4.69) is 0 Å². The number of benzene rings is 3. The second-order valence-electron chi connectivity index (χ2n) is 6.21. The van der Waals surface area contributed by atoms with Gasteiger partial charge in [0.25, 0.3) is 10.0 Å². The zero-order valence-electron chi connectivity index (χ0n) is 14.4. The first kappa shape index (κ1) is 18.9. The number of ketones is 2. The number of halogens is 3. The Morgan fingerprint density at radius 3 is 2.00 bits per heavy atom. The van der Waals surface area contributed by atoms with E-state index in [4.69, 9.17) is 0 Å². The molecular formula is C20H10F3NO4S. The van der Waals surface area contributed by atoms with Gasteiger partial charge in [0.05, 0.1) is 16.1 Å². The Hall–Kier alpha value is -3.46. The second kappa shape index (κ2) is 6.56. The van der Waals surface area contributed by atoms with Crippen LogP contribution >= 0.6 is 0 Å². The molecular weight excluding hydrogens is 407 g/mol. The first-order valence-corrected chi connectivity index (χ1v) is 9.68. The lowest BCUT2D eigenvalue weighted by Crippen LogP contribution is -2.25. The lowest BCUT2D eigenvalue weighted by Gasteiger charge is -2.20. The number of hydrogen-bond donors (Lipinski definition) is 1. The highest BCUT2D eigenvalue weighted by molar-refractivity contribution is 7.92. The highest BCUT2D eigenvalue weighted by atomic mass is 32.2. The van der Waals surface area contributed by atoms with Gasteiger partial charge < -0.3 is 0 Å². The Bertz CT molecular complexity index is 1320. The molecule has 0 atom stereocenters. The fraction of sp³-hybridized carbons (Fsp3) is 0. The molecule has 0 bridgehead atoms. The van der Waals surface area contributed by atoms with Gasteiger partial charge in [0.2, 0.25) is 0 Å². The van der Waals surface area contributed by atoms with Gasteiger partial charge in [-0.05, 0) is 18.2 Å². The van der Waals surface area contributed by atoms with E-state index in [-0.39, 0.29) is 22.3 Å². The van der Waals surface area contributed by atoms with E-state index >= 15 is 0 Å². The van der Waals surface area contributed by atoms with Crippen LogP contribution in [0.4, 0.5) is 18.9 Å². The van der Waals surface area contributed by atoms with Crippen molar-refractivity contribution in [2.24, 2.45) is 0 Å². The Morgan fingerprint density at radius 1 is 0.690 bits per heavy atom. The number of fused-ring (bicyclic) bond motifs is 2. The van der Waals surface area contributed by atoms with Crippen LogP contribution in [0.3, 0.4) is 0 Å². The van der Waals surface area contributed by atoms with Crippen LogP contribution in [0.2, 0.25) is 0 Å². The maximum absolute atomic E-state index is 13.9. The molecule has 0 heterocycles. The average Bonchev–Trinajstić information content (AvgIpc) is 2.72. The van der Waals surface area contributed by atoms with Gasteiger partial charge in [-0.2, -0.15) is 0 Å². The van der Waals surface area contributed by atoms with E-state index in [9.17, 15) is 31.2 Å². The molecule has 0 spiro atoms. The van der Waals surface area contributed by atoms with Gasteiger partial charge in [-0.1, -0.05) is 36.4 Å². The maximum Gasteiger partial charge on any atom is 0.262 e. The topological polar surface area (TPSA) is 80.3 Å². The number of carbonyl (C=O) groups is 2. The zero-order chi connectivity index (χ0) is 20.9. The van der Waals surface area contributed by atoms with Crippen molar-refractivity contribution in [3.8, 4) is 0 Å². The minimum absolute atomic E-state index is 0.0339. The second-order valence-corrected chi connectivity index (χ2v) is 7.86. The summed E-state index contributed by atoms with van der Waals surface area (Å²) in [4.78, 5) is 25.0. The molecule has 146 valence electrons. The van der Waals surface area contributed by atoms with Gasteiger partial charge >= 0.3 is 0 Å². The van der Waals surface area contributed by atoms with Crippen LogP contribution < -0.4 is 4.72 Å². The standard InChI is InChI=1S/C20H10F3NO4S/c21-13-8-9-14(18(23)17(13)22)24-29(27,28)15-7-3-6-12-16(15)20(26)11-5-2-1-4-10(11)19(12)25/h1-9,24H. The summed E-state index contributed by atoms with van der Waals surface area (Å²) in [6, 6.07) is 10.8. The lowest BCUT2D eigenvalue weighted by molar-refractivity contribution is 0.0976. The predicted octanol–water partition coefficient (Wildman–Crippen LogP) is 3.68. The van der Waals surface area contributed by atoms with Gasteiger partial charge in [0.15, 0.2) is 29.0 Å². The number of carbonyl (C=O) groups excluding carboxylic acids is 2. The number of anilines is 1. The number of hydrogen-bond acceptors (Lipinski definition) is 4. The number of rotatable bonds is 3. The Kier molecular flexibility index (Phi) is 4.27. The van der Waals surface area contributed by atoms with Crippen molar-refractivity contribution < 1.29 is 31.2 Å². The highest BCUT2D eigenvalue weighted by Crippen LogP contribution is 2.32. The van der Waals surface area contributed by atoms with Crippen LogP contribution in [0.5, 0.6) is 0 Å². The van der Waals surface area contributed by atoms with Crippen molar-refractivity contribution >= 4 is 27.3 Å². The fourth-order valence-corrected chi connectivity index (χ4v) is 4.43. The smallest absolute Gasteiger partial charge is 0.262 e. The molecule has 3 aromatic rings. The molecule has 1 aliphatic carbocycles. The Balaban J connectivity index is 1.86. The molecule has 0 aliphatic heterocycles. The van der Waals surface area contributed by atoms with E-state index < -0.39 is 49.6 Å². The molecule has 0 unspecified atom stereocenters. The molecule has 1 N–H and O–H groups in total. The number of sulfonamides is 1. The fourth-order valence-electron chi connectivity index (χ4n) is 3.14. The normalized spacial score (nSPS) is 13.1. The summed E-state index contributed by atoms with van der Waals surface area (Å²) in [7, 11) is -4.62. The van der Waals surface area contributed by atoms with Crippen LogP contribution in [0.1, 0.15) is 31.8 Å². The van der Waals surface area contributed by atoms with Crippen LogP contribution in [0.15, 0.2) is 59.5 Å². The van der Waals surface area contributed by atoms with E-state index in [1.54, 1.807) is 6.07 Å². The van der Waals surface area contributed by atoms with Crippen molar-refractivity contribution in [1.29, 1.82) is 0 Å². The van der Waals surface area contributed by atoms with Crippen molar-refractivity contribution in [3.63, 3.8) is 0 Å². The summed E-state index contributed by atoms with van der Waals surface area (Å²) in [5, 5.41) is 0. The average molecular weight is 417 g/mol. The molecule has 9 heteroatoms. The molecule has 0 amide bonds. The van der Waals surface area contributed by atoms with Crippen molar-refractivity contribution in [3.05, 3.63) is 94.3 Å². The van der Waals surface area contributed by atoms with Gasteiger partial charge in [-0.15, -0.1) is 0 Å². The van der Waals surface area contributed by atoms with Gasteiger partial charge in [-0.3, -0.25) is 14.3 Å². The third-order valence-electron chi connectivity index (χ3n) is 4.48. The van der Waals surface area contributed by atoms with Crippen LogP contribution in [0.25, 0.3) is 0 Å². The maximum atomic E-state index is 13.9. The SMILES string of the molecule is O=C1c2ccccc2C(=O)c2c1cccc2S(=O)(=O)Nc1ccc(F)c(F)c1F. The largest absolute Gasteiger partial charge is 0.289 e. The first-order valence-electron chi connectivity index (χ1n) is 8.20. The molecule has 0 saturated carbocycles. The lowest BCUT2D eigenvalue weighted by atomic mass is 9.84. The summed E-state index contributed by atoms with van der Waals surface area (Å²) >= 11 is 0. The summed E-state index contributed by atoms with van der Waals surface area (Å²) in [6.45, 7) is 0. The third kappa shape index (κ3) is 2.90. The van der Waals surface area contributed by atoms with Crippen LogP contribution in [-0.4, -0.2) is 20.0 Å². The van der Waals surface area contributed by atoms with E-state index in [0.717, 1.165) is 6.07 Å². The predicted molar refractivity (Wildman–Crippen MR) is 96.9 cm³/mol. The first-order chi connectivity index (χ1) is 13.7. The highest BCUT2D eigenvalue weighted by Gasteiger charge is 2.35. The molecule has 1 aliphatic rings. The minimum Gasteiger partial charge on any atom is -0.289 e. The molecule has 4 rings (SSSR count). The monoisotopic (exact) mass is 417 g/mol.